The van der Waals surface area contributed by atoms with E-state index in [0.29, 0.717) is 5.41 Å². The number of nitrogens with zero attached hydrogens (tertiary/aromatic N) is 5. The molecule has 0 bridgehead atoms. The molecule has 1 spiro atoms. The zero-order valence-corrected chi connectivity index (χ0v) is 15.2. The van der Waals surface area contributed by atoms with Crippen LogP contribution in [0.5, 0.6) is 0 Å². The summed E-state index contributed by atoms with van der Waals surface area (Å²) in [5.74, 6) is -1.33. The van der Waals surface area contributed by atoms with E-state index < -0.39 is 18.0 Å². The number of carbonyl (C=O) groups is 1. The number of alkyl halides is 3. The number of aromatic nitrogens is 4. The molecule has 1 atom stereocenters. The van der Waals surface area contributed by atoms with Gasteiger partial charge in [0.25, 0.3) is 5.89 Å². The quantitative estimate of drug-likeness (QED) is 0.849. The van der Waals surface area contributed by atoms with E-state index in [2.05, 4.69) is 25.5 Å². The molecular weight excluding hydrogens is 377 g/mol. The molecular formula is C17H19F3N6O2. The first-order valence-electron chi connectivity index (χ1n) is 9.04. The molecule has 1 amide bonds. The van der Waals surface area contributed by atoms with Gasteiger partial charge in [0.15, 0.2) is 0 Å². The molecule has 3 heterocycles. The van der Waals surface area contributed by atoms with Crippen LogP contribution in [0.25, 0.3) is 11.5 Å². The zero-order valence-electron chi connectivity index (χ0n) is 15.2. The van der Waals surface area contributed by atoms with Gasteiger partial charge >= 0.3 is 12.2 Å². The highest BCUT2D eigenvalue weighted by Crippen LogP contribution is 2.53. The number of rotatable bonds is 4. The van der Waals surface area contributed by atoms with Gasteiger partial charge in [0.1, 0.15) is 6.04 Å². The standard InChI is InChI=1S/C17H19F3N6O2/c1-10(13(27)26-6-4-16(2-3-16)5-7-26)23-15-25-24-12(28-15)11-8-21-14(22-9-11)17(18,19)20/h8-10H,2-7H2,1H3,(H,23,25)/t10-/m1/s1. The lowest BCUT2D eigenvalue weighted by atomic mass is 9.93. The number of hydrogen-bond acceptors (Lipinski definition) is 7. The van der Waals surface area contributed by atoms with Crippen LogP contribution in [0.2, 0.25) is 0 Å². The number of piperidine rings is 1. The minimum atomic E-state index is -4.62. The molecule has 1 saturated carbocycles. The summed E-state index contributed by atoms with van der Waals surface area (Å²) in [5.41, 5.74) is 0.636. The minimum absolute atomic E-state index is 0.00594. The van der Waals surface area contributed by atoms with Gasteiger partial charge in [0, 0.05) is 25.5 Å². The lowest BCUT2D eigenvalue weighted by Crippen LogP contribution is -2.45. The van der Waals surface area contributed by atoms with Gasteiger partial charge in [-0.3, -0.25) is 4.79 Å². The number of hydrogen-bond donors (Lipinski definition) is 1. The predicted molar refractivity (Wildman–Crippen MR) is 90.9 cm³/mol. The highest BCUT2D eigenvalue weighted by atomic mass is 19.4. The van der Waals surface area contributed by atoms with E-state index in [1.54, 1.807) is 6.92 Å². The fourth-order valence-corrected chi connectivity index (χ4v) is 3.38. The lowest BCUT2D eigenvalue weighted by Gasteiger charge is -2.33. The van der Waals surface area contributed by atoms with E-state index in [4.69, 9.17) is 4.42 Å². The third-order valence-corrected chi connectivity index (χ3v) is 5.38. The van der Waals surface area contributed by atoms with Crippen molar-refractivity contribution in [1.29, 1.82) is 0 Å². The van der Waals surface area contributed by atoms with Crippen molar-refractivity contribution in [2.45, 2.75) is 44.8 Å². The van der Waals surface area contributed by atoms with Crippen molar-refractivity contribution in [2.24, 2.45) is 5.41 Å². The molecule has 150 valence electrons. The molecule has 1 aliphatic carbocycles. The second kappa shape index (κ2) is 6.71. The van der Waals surface area contributed by atoms with Crippen LogP contribution in [0.4, 0.5) is 19.2 Å². The fourth-order valence-electron chi connectivity index (χ4n) is 3.38. The molecule has 1 N–H and O–H groups in total. The minimum Gasteiger partial charge on any atom is -0.403 e. The summed E-state index contributed by atoms with van der Waals surface area (Å²) >= 11 is 0. The fraction of sp³-hybridized carbons (Fsp3) is 0.588. The van der Waals surface area contributed by atoms with Gasteiger partial charge in [-0.1, -0.05) is 5.10 Å². The Bertz CT molecular complexity index is 853. The van der Waals surface area contributed by atoms with Gasteiger partial charge in [-0.05, 0) is 38.0 Å². The molecule has 2 aliphatic rings. The van der Waals surface area contributed by atoms with Crippen molar-refractivity contribution in [3.63, 3.8) is 0 Å². The monoisotopic (exact) mass is 396 g/mol. The number of halogens is 3. The van der Waals surface area contributed by atoms with Gasteiger partial charge < -0.3 is 14.6 Å². The second-order valence-electron chi connectivity index (χ2n) is 7.40. The van der Waals surface area contributed by atoms with Crippen LogP contribution in [0.3, 0.4) is 0 Å². The van der Waals surface area contributed by atoms with Crippen molar-refractivity contribution < 1.29 is 22.4 Å². The molecule has 0 unspecified atom stereocenters. The van der Waals surface area contributed by atoms with Crippen LogP contribution in [-0.4, -0.2) is 50.1 Å². The van der Waals surface area contributed by atoms with E-state index >= 15 is 0 Å². The average molecular weight is 396 g/mol. The van der Waals surface area contributed by atoms with Gasteiger partial charge in [0.2, 0.25) is 11.7 Å². The maximum atomic E-state index is 12.6. The molecule has 2 aromatic heterocycles. The first-order valence-corrected chi connectivity index (χ1v) is 9.04. The Morgan fingerprint density at radius 1 is 1.18 bits per heavy atom. The van der Waals surface area contributed by atoms with Gasteiger partial charge in [-0.2, -0.15) is 13.2 Å². The highest BCUT2D eigenvalue weighted by Gasteiger charge is 2.45. The maximum absolute atomic E-state index is 12.6. The summed E-state index contributed by atoms with van der Waals surface area (Å²) in [6, 6.07) is -0.558. The van der Waals surface area contributed by atoms with Crippen LogP contribution in [-0.2, 0) is 11.0 Å². The molecule has 4 rings (SSSR count). The Balaban J connectivity index is 1.37. The van der Waals surface area contributed by atoms with E-state index in [9.17, 15) is 18.0 Å². The second-order valence-corrected chi connectivity index (χ2v) is 7.40. The Morgan fingerprint density at radius 3 is 2.39 bits per heavy atom. The normalized spacial score (nSPS) is 19.5. The molecule has 2 aromatic rings. The van der Waals surface area contributed by atoms with E-state index in [1.165, 1.54) is 12.8 Å². The summed E-state index contributed by atoms with van der Waals surface area (Å²) in [6.45, 7) is 3.21. The molecule has 28 heavy (non-hydrogen) atoms. The predicted octanol–water partition coefficient (Wildman–Crippen LogP) is 2.75. The molecule has 0 aromatic carbocycles. The Morgan fingerprint density at radius 2 is 1.82 bits per heavy atom. The van der Waals surface area contributed by atoms with Crippen LogP contribution in [0, 0.1) is 5.41 Å². The number of carbonyl (C=O) groups excluding carboxylic acids is 1. The summed E-state index contributed by atoms with van der Waals surface area (Å²) in [5, 5.41) is 10.4. The number of likely N-dealkylation sites (tertiary alicyclic amines) is 1. The summed E-state index contributed by atoms with van der Waals surface area (Å²) in [6.07, 6.45) is 1.92. The molecule has 0 radical (unpaired) electrons. The van der Waals surface area contributed by atoms with E-state index in [-0.39, 0.29) is 23.4 Å². The third-order valence-electron chi connectivity index (χ3n) is 5.38. The number of nitrogens with one attached hydrogen (secondary N) is 1. The van der Waals surface area contributed by atoms with Crippen LogP contribution < -0.4 is 5.32 Å². The number of anilines is 1. The average Bonchev–Trinajstić information content (AvgIpc) is 3.25. The third kappa shape index (κ3) is 3.78. The SMILES string of the molecule is C[C@@H](Nc1nnc(-c2cnc(C(F)(F)F)nc2)o1)C(=O)N1CCC2(CC1)CC2. The number of amides is 1. The molecule has 1 saturated heterocycles. The molecule has 8 nitrogen and oxygen atoms in total. The van der Waals surface area contributed by atoms with Crippen LogP contribution in [0.15, 0.2) is 16.8 Å². The van der Waals surface area contributed by atoms with E-state index in [1.807, 2.05) is 4.90 Å². The van der Waals surface area contributed by atoms with Gasteiger partial charge in [-0.15, -0.1) is 5.10 Å². The Kier molecular flexibility index (Phi) is 4.47. The Labute approximate surface area is 158 Å². The first kappa shape index (κ1) is 18.6. The zero-order chi connectivity index (χ0) is 19.9. The van der Waals surface area contributed by atoms with Crippen molar-refractivity contribution in [3.8, 4) is 11.5 Å². The summed E-state index contributed by atoms with van der Waals surface area (Å²) < 4.78 is 42.9. The maximum Gasteiger partial charge on any atom is 0.451 e. The summed E-state index contributed by atoms with van der Waals surface area (Å²) in [4.78, 5) is 20.9. The largest absolute Gasteiger partial charge is 0.451 e. The Hall–Kier alpha value is -2.72. The van der Waals surface area contributed by atoms with Crippen molar-refractivity contribution in [2.75, 3.05) is 18.4 Å². The van der Waals surface area contributed by atoms with Crippen LogP contribution in [0.1, 0.15) is 38.4 Å². The molecule has 11 heteroatoms. The van der Waals surface area contributed by atoms with Crippen molar-refractivity contribution in [1.82, 2.24) is 25.1 Å². The molecule has 2 fully saturated rings. The smallest absolute Gasteiger partial charge is 0.403 e. The van der Waals surface area contributed by atoms with Gasteiger partial charge in [-0.25, -0.2) is 9.97 Å². The first-order chi connectivity index (χ1) is 13.3. The van der Waals surface area contributed by atoms with Crippen LogP contribution >= 0.6 is 0 Å². The van der Waals surface area contributed by atoms with Crippen molar-refractivity contribution >= 4 is 11.9 Å². The molecule has 1 aliphatic heterocycles. The lowest BCUT2D eigenvalue weighted by molar-refractivity contribution is -0.145. The van der Waals surface area contributed by atoms with E-state index in [0.717, 1.165) is 38.3 Å². The highest BCUT2D eigenvalue weighted by molar-refractivity contribution is 5.83. The van der Waals surface area contributed by atoms with Crippen molar-refractivity contribution in [3.05, 3.63) is 18.2 Å². The van der Waals surface area contributed by atoms with Gasteiger partial charge in [0.05, 0.1) is 5.56 Å². The summed E-state index contributed by atoms with van der Waals surface area (Å²) in [7, 11) is 0. The topological polar surface area (TPSA) is 97.0 Å².